The van der Waals surface area contributed by atoms with Gasteiger partial charge in [-0.1, -0.05) is 47.5 Å². The Labute approximate surface area is 171 Å². The predicted octanol–water partition coefficient (Wildman–Crippen LogP) is 4.79. The summed E-state index contributed by atoms with van der Waals surface area (Å²) in [5, 5.41) is 0.556. The van der Waals surface area contributed by atoms with Gasteiger partial charge in [0, 0.05) is 42.7 Å². The average molecular weight is 397 g/mol. The highest BCUT2D eigenvalue weighted by Gasteiger charge is 2.18. The molecule has 0 N–H and O–H groups in total. The smallest absolute Gasteiger partial charge is 0.254 e. The van der Waals surface area contributed by atoms with E-state index in [1.54, 1.807) is 36.3 Å². The molecule has 0 aliphatic heterocycles. The minimum absolute atomic E-state index is 0.0529. The molecular formula is C23H25ClN2O2. The number of hydrogen-bond acceptors (Lipinski definition) is 2. The Hall–Kier alpha value is -2.56. The van der Waals surface area contributed by atoms with Crippen molar-refractivity contribution in [2.75, 3.05) is 20.3 Å². The molecule has 3 rings (SSSR count). The minimum Gasteiger partial charge on any atom is -0.383 e. The van der Waals surface area contributed by atoms with Crippen LogP contribution in [0.5, 0.6) is 0 Å². The van der Waals surface area contributed by atoms with Gasteiger partial charge in [0.15, 0.2) is 0 Å². The molecule has 0 unspecified atom stereocenters. The molecule has 0 fully saturated rings. The fraction of sp³-hybridized carbons (Fsp3) is 0.261. The third kappa shape index (κ3) is 5.24. The van der Waals surface area contributed by atoms with Crippen molar-refractivity contribution in [1.82, 2.24) is 9.47 Å². The Morgan fingerprint density at radius 2 is 1.93 bits per heavy atom. The Bertz CT molecular complexity index is 936. The van der Waals surface area contributed by atoms with Gasteiger partial charge < -0.3 is 14.2 Å². The molecule has 0 spiro atoms. The molecule has 146 valence electrons. The van der Waals surface area contributed by atoms with Crippen LogP contribution in [0.1, 0.15) is 27.2 Å². The van der Waals surface area contributed by atoms with E-state index >= 15 is 0 Å². The SMILES string of the molecule is COCCN(Cc1cccn1Cc1cccc(C)c1)C(=O)c1cccc(Cl)c1. The van der Waals surface area contributed by atoms with E-state index in [0.29, 0.717) is 30.3 Å². The molecule has 0 bridgehead atoms. The van der Waals surface area contributed by atoms with Gasteiger partial charge >= 0.3 is 0 Å². The molecule has 0 radical (unpaired) electrons. The first kappa shape index (κ1) is 20.2. The van der Waals surface area contributed by atoms with E-state index < -0.39 is 0 Å². The van der Waals surface area contributed by atoms with Gasteiger partial charge in [0.25, 0.3) is 5.91 Å². The molecule has 0 saturated carbocycles. The largest absolute Gasteiger partial charge is 0.383 e. The molecule has 1 aromatic heterocycles. The van der Waals surface area contributed by atoms with E-state index in [9.17, 15) is 4.79 Å². The van der Waals surface area contributed by atoms with Crippen molar-refractivity contribution in [3.8, 4) is 0 Å². The van der Waals surface area contributed by atoms with Crippen molar-refractivity contribution < 1.29 is 9.53 Å². The standard InChI is InChI=1S/C23H25ClN2O2/c1-18-6-3-7-19(14-18)16-25-11-5-10-22(25)17-26(12-13-28-2)23(27)20-8-4-9-21(24)15-20/h3-11,14-15H,12-13,16-17H2,1-2H3. The van der Waals surface area contributed by atoms with Crippen molar-refractivity contribution in [3.05, 3.63) is 94.3 Å². The summed E-state index contributed by atoms with van der Waals surface area (Å²) in [5.41, 5.74) is 4.14. The fourth-order valence-electron chi connectivity index (χ4n) is 3.21. The van der Waals surface area contributed by atoms with Crippen LogP contribution in [-0.2, 0) is 17.8 Å². The van der Waals surface area contributed by atoms with Gasteiger partial charge in [-0.05, 0) is 42.8 Å². The summed E-state index contributed by atoms with van der Waals surface area (Å²) in [6.07, 6.45) is 2.05. The van der Waals surface area contributed by atoms with Gasteiger partial charge in [0.05, 0.1) is 13.2 Å². The average Bonchev–Trinajstić information content (AvgIpc) is 3.11. The number of aromatic nitrogens is 1. The van der Waals surface area contributed by atoms with Gasteiger partial charge in [-0.15, -0.1) is 0 Å². The van der Waals surface area contributed by atoms with Crippen LogP contribution in [0.4, 0.5) is 0 Å². The van der Waals surface area contributed by atoms with E-state index in [1.165, 1.54) is 11.1 Å². The first-order valence-corrected chi connectivity index (χ1v) is 9.68. The van der Waals surface area contributed by atoms with E-state index in [4.69, 9.17) is 16.3 Å². The highest BCUT2D eigenvalue weighted by Crippen LogP contribution is 2.16. The second-order valence-corrected chi connectivity index (χ2v) is 7.28. The third-order valence-electron chi connectivity index (χ3n) is 4.64. The van der Waals surface area contributed by atoms with Crippen LogP contribution < -0.4 is 0 Å². The summed E-state index contributed by atoms with van der Waals surface area (Å²) in [5.74, 6) is -0.0529. The van der Waals surface area contributed by atoms with Gasteiger partial charge in [-0.3, -0.25) is 4.79 Å². The fourth-order valence-corrected chi connectivity index (χ4v) is 3.40. The molecule has 4 nitrogen and oxygen atoms in total. The predicted molar refractivity (Wildman–Crippen MR) is 113 cm³/mol. The molecule has 0 aliphatic carbocycles. The second kappa shape index (κ2) is 9.58. The zero-order valence-electron chi connectivity index (χ0n) is 16.3. The summed E-state index contributed by atoms with van der Waals surface area (Å²) in [7, 11) is 1.64. The van der Waals surface area contributed by atoms with Crippen LogP contribution in [-0.4, -0.2) is 35.6 Å². The minimum atomic E-state index is -0.0529. The van der Waals surface area contributed by atoms with Crippen molar-refractivity contribution in [1.29, 1.82) is 0 Å². The highest BCUT2D eigenvalue weighted by atomic mass is 35.5. The summed E-state index contributed by atoms with van der Waals surface area (Å²) >= 11 is 6.07. The first-order chi connectivity index (χ1) is 13.6. The van der Waals surface area contributed by atoms with Crippen LogP contribution >= 0.6 is 11.6 Å². The number of halogens is 1. The number of ether oxygens (including phenoxy) is 1. The van der Waals surface area contributed by atoms with Crippen molar-refractivity contribution in [3.63, 3.8) is 0 Å². The number of benzene rings is 2. The quantitative estimate of drug-likeness (QED) is 0.548. The van der Waals surface area contributed by atoms with Gasteiger partial charge in [-0.25, -0.2) is 0 Å². The topological polar surface area (TPSA) is 34.5 Å². The van der Waals surface area contributed by atoms with Gasteiger partial charge in [0.1, 0.15) is 0 Å². The van der Waals surface area contributed by atoms with Crippen LogP contribution in [0.3, 0.4) is 0 Å². The number of hydrogen-bond donors (Lipinski definition) is 0. The molecular weight excluding hydrogens is 372 g/mol. The van der Waals surface area contributed by atoms with Crippen molar-refractivity contribution >= 4 is 17.5 Å². The molecule has 0 saturated heterocycles. The lowest BCUT2D eigenvalue weighted by Gasteiger charge is -2.23. The van der Waals surface area contributed by atoms with Crippen LogP contribution in [0.2, 0.25) is 5.02 Å². The lowest BCUT2D eigenvalue weighted by atomic mass is 10.1. The molecule has 0 aliphatic rings. The third-order valence-corrected chi connectivity index (χ3v) is 4.87. The highest BCUT2D eigenvalue weighted by molar-refractivity contribution is 6.30. The Morgan fingerprint density at radius 3 is 2.68 bits per heavy atom. The van der Waals surface area contributed by atoms with Crippen LogP contribution in [0.15, 0.2) is 66.9 Å². The molecule has 5 heteroatoms. The number of amides is 1. The number of methoxy groups -OCH3 is 1. The zero-order valence-corrected chi connectivity index (χ0v) is 17.0. The molecule has 2 aromatic carbocycles. The number of nitrogens with zero attached hydrogens (tertiary/aromatic N) is 2. The first-order valence-electron chi connectivity index (χ1n) is 9.30. The van der Waals surface area contributed by atoms with E-state index in [1.807, 2.05) is 6.07 Å². The normalized spacial score (nSPS) is 10.8. The molecule has 1 amide bonds. The number of aryl methyl sites for hydroxylation is 1. The number of carbonyl (C=O) groups is 1. The van der Waals surface area contributed by atoms with Gasteiger partial charge in [-0.2, -0.15) is 0 Å². The maximum Gasteiger partial charge on any atom is 0.254 e. The zero-order chi connectivity index (χ0) is 19.9. The summed E-state index contributed by atoms with van der Waals surface area (Å²) in [6.45, 7) is 4.36. The Balaban J connectivity index is 1.80. The maximum atomic E-state index is 13.0. The molecule has 1 heterocycles. The number of rotatable bonds is 8. The van der Waals surface area contributed by atoms with Crippen molar-refractivity contribution in [2.24, 2.45) is 0 Å². The molecule has 0 atom stereocenters. The number of carbonyl (C=O) groups excluding carboxylic acids is 1. The monoisotopic (exact) mass is 396 g/mol. The van der Waals surface area contributed by atoms with Gasteiger partial charge in [0.2, 0.25) is 0 Å². The lowest BCUT2D eigenvalue weighted by Crippen LogP contribution is -2.34. The summed E-state index contributed by atoms with van der Waals surface area (Å²) < 4.78 is 7.39. The van der Waals surface area contributed by atoms with Crippen molar-refractivity contribution in [2.45, 2.75) is 20.0 Å². The lowest BCUT2D eigenvalue weighted by molar-refractivity contribution is 0.0676. The maximum absolute atomic E-state index is 13.0. The Morgan fingerprint density at radius 1 is 1.11 bits per heavy atom. The van der Waals surface area contributed by atoms with Crippen LogP contribution in [0.25, 0.3) is 0 Å². The van der Waals surface area contributed by atoms with E-state index in [0.717, 1.165) is 12.2 Å². The van der Waals surface area contributed by atoms with Crippen LogP contribution in [0, 0.1) is 6.92 Å². The van der Waals surface area contributed by atoms with E-state index in [2.05, 4.69) is 48.0 Å². The summed E-state index contributed by atoms with van der Waals surface area (Å²) in [6, 6.07) is 19.6. The molecule has 3 aromatic rings. The Kier molecular flexibility index (Phi) is 6.90. The van der Waals surface area contributed by atoms with E-state index in [-0.39, 0.29) is 5.91 Å². The molecule has 28 heavy (non-hydrogen) atoms. The summed E-state index contributed by atoms with van der Waals surface area (Å²) in [4.78, 5) is 14.8. The second-order valence-electron chi connectivity index (χ2n) is 6.85.